The van der Waals surface area contributed by atoms with Crippen LogP contribution in [0.5, 0.6) is 5.75 Å². The third-order valence-electron chi connectivity index (χ3n) is 2.81. The molecule has 0 saturated heterocycles. The van der Waals surface area contributed by atoms with E-state index in [9.17, 15) is 0 Å². The summed E-state index contributed by atoms with van der Waals surface area (Å²) in [6, 6.07) is 11.2. The first-order chi connectivity index (χ1) is 9.19. The van der Waals surface area contributed by atoms with Crippen LogP contribution < -0.4 is 4.29 Å². The quantitative estimate of drug-likeness (QED) is 0.621. The average molecular weight is 336 g/mol. The highest BCUT2D eigenvalue weighted by Gasteiger charge is 2.10. The van der Waals surface area contributed by atoms with Gasteiger partial charge in [0.25, 0.3) is 0 Å². The minimum atomic E-state index is 0.358. The lowest BCUT2D eigenvalue weighted by atomic mass is 9.98. The van der Waals surface area contributed by atoms with Crippen molar-refractivity contribution < 1.29 is 4.29 Å². The molecule has 0 saturated carbocycles. The normalized spacial score (nSPS) is 10.5. The number of alkyl halides is 2. The van der Waals surface area contributed by atoms with Crippen molar-refractivity contribution in [2.45, 2.75) is 11.8 Å². The van der Waals surface area contributed by atoms with Crippen LogP contribution in [-0.4, -0.2) is 0 Å². The van der Waals surface area contributed by atoms with Crippen molar-refractivity contribution in [3.63, 3.8) is 0 Å². The van der Waals surface area contributed by atoms with Gasteiger partial charge in [-0.05, 0) is 46.5 Å². The van der Waals surface area contributed by atoms with Gasteiger partial charge in [-0.2, -0.15) is 0 Å². The smallest absolute Gasteiger partial charge is 0.146 e. The predicted octanol–water partition coefficient (Wildman–Crippen LogP) is 6.02. The molecule has 100 valence electrons. The minimum absolute atomic E-state index is 0.358. The Kier molecular flexibility index (Phi) is 5.23. The number of hydrogen-bond donors (Lipinski definition) is 0. The molecule has 0 unspecified atom stereocenters. The van der Waals surface area contributed by atoms with Crippen LogP contribution in [0.2, 0.25) is 5.02 Å². The van der Waals surface area contributed by atoms with E-state index in [1.165, 1.54) is 0 Å². The van der Waals surface area contributed by atoms with E-state index in [2.05, 4.69) is 4.29 Å². The van der Waals surface area contributed by atoms with E-state index in [0.717, 1.165) is 22.3 Å². The van der Waals surface area contributed by atoms with E-state index in [1.807, 2.05) is 24.3 Å². The van der Waals surface area contributed by atoms with Gasteiger partial charge in [-0.3, -0.25) is 0 Å². The van der Waals surface area contributed by atoms with Crippen LogP contribution in [-0.2, 0) is 11.8 Å². The van der Waals surface area contributed by atoms with Gasteiger partial charge in [0.1, 0.15) is 17.6 Å². The van der Waals surface area contributed by atoms with Crippen molar-refractivity contribution in [1.82, 2.24) is 0 Å². The highest BCUT2D eigenvalue weighted by Crippen LogP contribution is 2.32. The Bertz CT molecular complexity index is 566. The number of rotatable bonds is 4. The summed E-state index contributed by atoms with van der Waals surface area (Å²) >= 11 is 23.3. The standard InChI is InChI=1S/C14H10Cl4O/c15-7-10-6-14(17)11(8-16)5-13(10)9-1-3-12(19-18)4-2-9/h1-6H,7-8H2. The summed E-state index contributed by atoms with van der Waals surface area (Å²) in [6.45, 7) is 0. The van der Waals surface area contributed by atoms with Crippen LogP contribution >= 0.6 is 46.7 Å². The number of hydrogen-bond acceptors (Lipinski definition) is 1. The summed E-state index contributed by atoms with van der Waals surface area (Å²) < 4.78 is 4.63. The fraction of sp³-hybridized carbons (Fsp3) is 0.143. The summed E-state index contributed by atoms with van der Waals surface area (Å²) in [7, 11) is 0. The van der Waals surface area contributed by atoms with E-state index in [1.54, 1.807) is 12.1 Å². The highest BCUT2D eigenvalue weighted by molar-refractivity contribution is 6.32. The lowest BCUT2D eigenvalue weighted by Gasteiger charge is -2.11. The van der Waals surface area contributed by atoms with Crippen molar-refractivity contribution in [2.75, 3.05) is 0 Å². The van der Waals surface area contributed by atoms with Crippen LogP contribution in [0.3, 0.4) is 0 Å². The maximum Gasteiger partial charge on any atom is 0.146 e. The van der Waals surface area contributed by atoms with Crippen molar-refractivity contribution in [3.05, 3.63) is 52.5 Å². The zero-order chi connectivity index (χ0) is 13.8. The Hall–Kier alpha value is -0.600. The molecule has 2 aromatic carbocycles. The SMILES string of the molecule is ClCc1cc(-c2ccc(OCl)cc2)c(CCl)cc1Cl. The topological polar surface area (TPSA) is 9.23 Å². The van der Waals surface area contributed by atoms with Gasteiger partial charge in [0, 0.05) is 16.8 Å². The Labute approximate surface area is 132 Å². The molecule has 0 bridgehead atoms. The van der Waals surface area contributed by atoms with Gasteiger partial charge in [0.2, 0.25) is 0 Å². The summed E-state index contributed by atoms with van der Waals surface area (Å²) in [6.07, 6.45) is 0. The van der Waals surface area contributed by atoms with Crippen LogP contribution in [0.4, 0.5) is 0 Å². The molecule has 0 N–H and O–H groups in total. The van der Waals surface area contributed by atoms with Gasteiger partial charge >= 0.3 is 0 Å². The summed E-state index contributed by atoms with van der Waals surface area (Å²) in [5, 5.41) is 0.634. The van der Waals surface area contributed by atoms with E-state index >= 15 is 0 Å². The van der Waals surface area contributed by atoms with E-state index < -0.39 is 0 Å². The molecular weight excluding hydrogens is 326 g/mol. The second-order valence-electron chi connectivity index (χ2n) is 3.97. The number of halogens is 4. The maximum absolute atomic E-state index is 6.13. The molecule has 0 fully saturated rings. The molecule has 0 spiro atoms. The van der Waals surface area contributed by atoms with E-state index in [0.29, 0.717) is 22.5 Å². The second-order valence-corrected chi connectivity index (χ2v) is 5.07. The van der Waals surface area contributed by atoms with Crippen LogP contribution in [0.15, 0.2) is 36.4 Å². The van der Waals surface area contributed by atoms with Gasteiger partial charge in [-0.1, -0.05) is 23.7 Å². The average Bonchev–Trinajstić information content (AvgIpc) is 2.47. The maximum atomic E-state index is 6.13. The van der Waals surface area contributed by atoms with Crippen molar-refractivity contribution in [3.8, 4) is 16.9 Å². The summed E-state index contributed by atoms with van der Waals surface area (Å²) in [5.74, 6) is 1.33. The molecule has 0 aliphatic heterocycles. The van der Waals surface area contributed by atoms with Gasteiger partial charge < -0.3 is 4.29 Å². The van der Waals surface area contributed by atoms with Gasteiger partial charge in [0.15, 0.2) is 0 Å². The largest absolute Gasteiger partial charge is 0.386 e. The molecule has 0 amide bonds. The second kappa shape index (κ2) is 6.71. The first-order valence-corrected chi connectivity index (χ1v) is 7.27. The van der Waals surface area contributed by atoms with Crippen molar-refractivity contribution >= 4 is 46.7 Å². The molecule has 0 heterocycles. The summed E-state index contributed by atoms with van der Waals surface area (Å²) in [5.41, 5.74) is 3.86. The molecular formula is C14H10Cl4O. The molecule has 2 aromatic rings. The van der Waals surface area contributed by atoms with E-state index in [-0.39, 0.29) is 0 Å². The zero-order valence-corrected chi connectivity index (χ0v) is 12.8. The molecule has 0 radical (unpaired) electrons. The van der Waals surface area contributed by atoms with Gasteiger partial charge in [-0.25, -0.2) is 0 Å². The minimum Gasteiger partial charge on any atom is -0.386 e. The lowest BCUT2D eigenvalue weighted by Crippen LogP contribution is -1.91. The molecule has 0 atom stereocenters. The fourth-order valence-electron chi connectivity index (χ4n) is 1.83. The molecule has 19 heavy (non-hydrogen) atoms. The molecule has 1 nitrogen and oxygen atoms in total. The highest BCUT2D eigenvalue weighted by atomic mass is 35.5. The van der Waals surface area contributed by atoms with Crippen LogP contribution in [0.25, 0.3) is 11.1 Å². The third-order valence-corrected chi connectivity index (χ3v) is 3.92. The Balaban J connectivity index is 2.52. The Morgan fingerprint density at radius 1 is 0.895 bits per heavy atom. The predicted molar refractivity (Wildman–Crippen MR) is 82.5 cm³/mol. The zero-order valence-electron chi connectivity index (χ0n) is 9.80. The molecule has 2 rings (SSSR count). The monoisotopic (exact) mass is 334 g/mol. The lowest BCUT2D eigenvalue weighted by molar-refractivity contribution is 0.619. The van der Waals surface area contributed by atoms with Crippen LogP contribution in [0.1, 0.15) is 11.1 Å². The van der Waals surface area contributed by atoms with Crippen molar-refractivity contribution in [1.29, 1.82) is 0 Å². The molecule has 5 heteroatoms. The van der Waals surface area contributed by atoms with Gasteiger partial charge in [-0.15, -0.1) is 23.2 Å². The van der Waals surface area contributed by atoms with Crippen molar-refractivity contribution in [2.24, 2.45) is 0 Å². The summed E-state index contributed by atoms with van der Waals surface area (Å²) in [4.78, 5) is 0. The third kappa shape index (κ3) is 3.29. The fourth-order valence-corrected chi connectivity index (χ4v) is 2.69. The Morgan fingerprint density at radius 2 is 1.53 bits per heavy atom. The van der Waals surface area contributed by atoms with Gasteiger partial charge in [0.05, 0.1) is 0 Å². The molecule has 0 aliphatic carbocycles. The van der Waals surface area contributed by atoms with E-state index in [4.69, 9.17) is 46.7 Å². The first-order valence-electron chi connectivity index (χ1n) is 5.52. The Morgan fingerprint density at radius 3 is 2.05 bits per heavy atom. The molecule has 0 aliphatic rings. The van der Waals surface area contributed by atoms with Crippen LogP contribution in [0, 0.1) is 0 Å². The number of benzene rings is 2. The molecule has 0 aromatic heterocycles. The first kappa shape index (κ1) is 14.8.